The summed E-state index contributed by atoms with van der Waals surface area (Å²) in [5.74, 6) is 0.598. The van der Waals surface area contributed by atoms with Gasteiger partial charge in [-0.25, -0.2) is 9.78 Å². The minimum Gasteiger partial charge on any atom is -0.347 e. The summed E-state index contributed by atoms with van der Waals surface area (Å²) in [5.41, 5.74) is -0.0696. The molecule has 2 aromatic heterocycles. The molecule has 112 valence electrons. The molecule has 2 aromatic rings. The van der Waals surface area contributed by atoms with Crippen LogP contribution in [0.3, 0.4) is 0 Å². The van der Waals surface area contributed by atoms with Crippen LogP contribution in [-0.2, 0) is 17.8 Å². The third-order valence-electron chi connectivity index (χ3n) is 3.21. The number of aromatic nitrogens is 4. The van der Waals surface area contributed by atoms with Gasteiger partial charge in [-0.15, -0.1) is 0 Å². The Kier molecular flexibility index (Phi) is 4.36. The Bertz CT molecular complexity index is 729. The molecule has 0 aliphatic rings. The summed E-state index contributed by atoms with van der Waals surface area (Å²) in [5, 5.41) is 0. The molecule has 3 N–H and O–H groups in total. The lowest BCUT2D eigenvalue weighted by Crippen LogP contribution is -2.30. The van der Waals surface area contributed by atoms with Crippen molar-refractivity contribution in [2.45, 2.75) is 26.3 Å². The molecule has 0 fully saturated rings. The summed E-state index contributed by atoms with van der Waals surface area (Å²) < 4.78 is 0. The Morgan fingerprint density at radius 3 is 2.71 bits per heavy atom. The lowest BCUT2D eigenvalue weighted by atomic mass is 10.1. The second-order valence-corrected chi connectivity index (χ2v) is 4.80. The van der Waals surface area contributed by atoms with E-state index in [0.717, 1.165) is 0 Å². The van der Waals surface area contributed by atoms with Crippen LogP contribution in [-0.4, -0.2) is 37.8 Å². The van der Waals surface area contributed by atoms with Gasteiger partial charge in [-0.1, -0.05) is 0 Å². The molecule has 0 saturated heterocycles. The number of nitrogens with zero attached hydrogens (tertiary/aromatic N) is 2. The van der Waals surface area contributed by atoms with Crippen LogP contribution in [0.2, 0.25) is 0 Å². The van der Waals surface area contributed by atoms with Gasteiger partial charge in [0.25, 0.3) is 5.56 Å². The van der Waals surface area contributed by atoms with E-state index in [9.17, 15) is 14.4 Å². The van der Waals surface area contributed by atoms with E-state index < -0.39 is 11.2 Å². The van der Waals surface area contributed by atoms with Crippen molar-refractivity contribution < 1.29 is 4.79 Å². The fraction of sp³-hybridized carbons (Fsp3) is 0.385. The first-order valence-corrected chi connectivity index (χ1v) is 6.51. The summed E-state index contributed by atoms with van der Waals surface area (Å²) in [4.78, 5) is 48.0. The first-order valence-electron chi connectivity index (χ1n) is 6.51. The molecule has 0 spiro atoms. The van der Waals surface area contributed by atoms with Crippen LogP contribution < -0.4 is 11.2 Å². The Morgan fingerprint density at radius 1 is 1.33 bits per heavy atom. The Labute approximate surface area is 120 Å². The summed E-state index contributed by atoms with van der Waals surface area (Å²) in [6.45, 7) is 2.02. The smallest absolute Gasteiger partial charge is 0.325 e. The van der Waals surface area contributed by atoms with Gasteiger partial charge in [-0.05, 0) is 13.3 Å². The van der Waals surface area contributed by atoms with Crippen LogP contribution in [0.5, 0.6) is 0 Å². The van der Waals surface area contributed by atoms with Crippen molar-refractivity contribution in [1.82, 2.24) is 24.8 Å². The number of aromatic amines is 3. The minimum atomic E-state index is -0.539. The predicted molar refractivity (Wildman–Crippen MR) is 75.8 cm³/mol. The SMILES string of the molecule is Cc1[nH]c(=O)[nH]c(=O)c1CCC(=O)N(C)Cc1ncc[nH]1. The van der Waals surface area contributed by atoms with E-state index in [2.05, 4.69) is 19.9 Å². The highest BCUT2D eigenvalue weighted by molar-refractivity contribution is 5.76. The van der Waals surface area contributed by atoms with E-state index in [1.165, 1.54) is 4.90 Å². The van der Waals surface area contributed by atoms with Crippen molar-refractivity contribution >= 4 is 5.91 Å². The number of carbonyl (C=O) groups is 1. The van der Waals surface area contributed by atoms with Crippen molar-refractivity contribution in [2.24, 2.45) is 0 Å². The number of aryl methyl sites for hydroxylation is 1. The van der Waals surface area contributed by atoms with Gasteiger partial charge in [0.05, 0.1) is 6.54 Å². The molecular formula is C13H17N5O3. The number of nitrogens with one attached hydrogen (secondary N) is 3. The van der Waals surface area contributed by atoms with Gasteiger partial charge in [0.1, 0.15) is 5.82 Å². The van der Waals surface area contributed by atoms with E-state index in [0.29, 0.717) is 23.6 Å². The molecule has 8 heteroatoms. The lowest BCUT2D eigenvalue weighted by molar-refractivity contribution is -0.130. The molecule has 0 unspecified atom stereocenters. The molecular weight excluding hydrogens is 274 g/mol. The average Bonchev–Trinajstić information content (AvgIpc) is 2.89. The number of hydrogen-bond donors (Lipinski definition) is 3. The Balaban J connectivity index is 1.98. The van der Waals surface area contributed by atoms with Crippen LogP contribution in [0.4, 0.5) is 0 Å². The van der Waals surface area contributed by atoms with Crippen molar-refractivity contribution in [3.8, 4) is 0 Å². The number of carbonyl (C=O) groups excluding carboxylic acids is 1. The van der Waals surface area contributed by atoms with E-state index in [1.807, 2.05) is 0 Å². The second kappa shape index (κ2) is 6.21. The van der Waals surface area contributed by atoms with Gasteiger partial charge in [-0.2, -0.15) is 0 Å². The van der Waals surface area contributed by atoms with Gasteiger partial charge in [0.2, 0.25) is 5.91 Å². The van der Waals surface area contributed by atoms with Crippen LogP contribution in [0.15, 0.2) is 22.0 Å². The Morgan fingerprint density at radius 2 is 2.10 bits per heavy atom. The number of imidazole rings is 1. The van der Waals surface area contributed by atoms with Gasteiger partial charge < -0.3 is 14.9 Å². The maximum absolute atomic E-state index is 12.0. The summed E-state index contributed by atoms with van der Waals surface area (Å²) in [6, 6.07) is 0. The molecule has 21 heavy (non-hydrogen) atoms. The molecule has 2 heterocycles. The highest BCUT2D eigenvalue weighted by Gasteiger charge is 2.13. The average molecular weight is 291 g/mol. The lowest BCUT2D eigenvalue weighted by Gasteiger charge is -2.15. The van der Waals surface area contributed by atoms with Gasteiger partial charge >= 0.3 is 5.69 Å². The van der Waals surface area contributed by atoms with Crippen LogP contribution in [0, 0.1) is 6.92 Å². The standard InChI is InChI=1S/C13H17N5O3/c1-8-9(12(20)17-13(21)16-8)3-4-11(19)18(2)7-10-14-5-6-15-10/h5-6H,3-4,7H2,1-2H3,(H,14,15)(H2,16,17,20,21). The molecule has 0 atom stereocenters. The number of amides is 1. The minimum absolute atomic E-state index is 0.101. The zero-order valence-electron chi connectivity index (χ0n) is 11.9. The first-order chi connectivity index (χ1) is 9.97. The van der Waals surface area contributed by atoms with E-state index in [-0.39, 0.29) is 18.7 Å². The summed E-state index contributed by atoms with van der Waals surface area (Å²) in [7, 11) is 1.68. The molecule has 1 amide bonds. The van der Waals surface area contributed by atoms with Crippen molar-refractivity contribution in [2.75, 3.05) is 7.05 Å². The monoisotopic (exact) mass is 291 g/mol. The molecule has 0 saturated carbocycles. The Hall–Kier alpha value is -2.64. The quantitative estimate of drug-likeness (QED) is 0.700. The molecule has 0 aliphatic heterocycles. The highest BCUT2D eigenvalue weighted by atomic mass is 16.2. The number of rotatable bonds is 5. The molecule has 0 aromatic carbocycles. The number of hydrogen-bond acceptors (Lipinski definition) is 4. The van der Waals surface area contributed by atoms with E-state index in [1.54, 1.807) is 26.4 Å². The van der Waals surface area contributed by atoms with Crippen molar-refractivity contribution in [1.29, 1.82) is 0 Å². The summed E-state index contributed by atoms with van der Waals surface area (Å²) >= 11 is 0. The normalized spacial score (nSPS) is 10.6. The molecule has 2 rings (SSSR count). The predicted octanol–water partition coefficient (Wildman–Crippen LogP) is -0.314. The van der Waals surface area contributed by atoms with Crippen LogP contribution >= 0.6 is 0 Å². The third kappa shape index (κ3) is 3.68. The topological polar surface area (TPSA) is 115 Å². The third-order valence-corrected chi connectivity index (χ3v) is 3.21. The molecule has 8 nitrogen and oxygen atoms in total. The fourth-order valence-electron chi connectivity index (χ4n) is 2.05. The zero-order valence-corrected chi connectivity index (χ0v) is 11.9. The molecule has 0 bridgehead atoms. The number of H-pyrrole nitrogens is 3. The van der Waals surface area contributed by atoms with Gasteiger partial charge in [0, 0.05) is 37.1 Å². The first kappa shape index (κ1) is 14.8. The molecule has 0 aliphatic carbocycles. The van der Waals surface area contributed by atoms with Gasteiger partial charge in [-0.3, -0.25) is 14.6 Å². The highest BCUT2D eigenvalue weighted by Crippen LogP contribution is 2.04. The van der Waals surface area contributed by atoms with Crippen LogP contribution in [0.1, 0.15) is 23.5 Å². The largest absolute Gasteiger partial charge is 0.347 e. The molecule has 0 radical (unpaired) electrons. The second-order valence-electron chi connectivity index (χ2n) is 4.80. The van der Waals surface area contributed by atoms with E-state index in [4.69, 9.17) is 0 Å². The zero-order chi connectivity index (χ0) is 15.4. The maximum Gasteiger partial charge on any atom is 0.325 e. The van der Waals surface area contributed by atoms with Crippen molar-refractivity contribution in [3.05, 3.63) is 50.3 Å². The fourth-order valence-corrected chi connectivity index (χ4v) is 2.05. The van der Waals surface area contributed by atoms with Crippen LogP contribution in [0.25, 0.3) is 0 Å². The van der Waals surface area contributed by atoms with Crippen molar-refractivity contribution in [3.63, 3.8) is 0 Å². The van der Waals surface area contributed by atoms with E-state index >= 15 is 0 Å². The van der Waals surface area contributed by atoms with Gasteiger partial charge in [0.15, 0.2) is 0 Å². The maximum atomic E-state index is 12.0. The summed E-state index contributed by atoms with van der Waals surface area (Å²) in [6.07, 6.45) is 3.78.